The van der Waals surface area contributed by atoms with Crippen molar-refractivity contribution in [3.8, 4) is 0 Å². The zero-order valence-electron chi connectivity index (χ0n) is 11.7. The van der Waals surface area contributed by atoms with Crippen LogP contribution in [0.1, 0.15) is 39.0 Å². The molecule has 2 N–H and O–H groups in total. The average Bonchev–Trinajstić information content (AvgIpc) is 2.38. The maximum absolute atomic E-state index is 12.5. The Morgan fingerprint density at radius 3 is 2.58 bits per heavy atom. The van der Waals surface area contributed by atoms with Crippen molar-refractivity contribution in [2.45, 2.75) is 45.1 Å². The van der Waals surface area contributed by atoms with E-state index in [9.17, 15) is 4.79 Å². The Hall–Kier alpha value is -1.35. The summed E-state index contributed by atoms with van der Waals surface area (Å²) in [5.41, 5.74) is 6.99. The molecule has 0 aromatic heterocycles. The normalized spacial score (nSPS) is 16.7. The lowest BCUT2D eigenvalue weighted by Gasteiger charge is -2.33. The number of anilines is 1. The summed E-state index contributed by atoms with van der Waals surface area (Å²) in [7, 11) is 0. The molecule has 1 aromatic rings. The van der Waals surface area contributed by atoms with Crippen LogP contribution in [0.3, 0.4) is 0 Å². The third kappa shape index (κ3) is 3.57. The summed E-state index contributed by atoms with van der Waals surface area (Å²) in [5, 5.41) is 0. The van der Waals surface area contributed by atoms with Crippen LogP contribution in [0.5, 0.6) is 0 Å². The molecule has 0 aliphatic heterocycles. The minimum absolute atomic E-state index is 0.0694. The van der Waals surface area contributed by atoms with Gasteiger partial charge in [-0.05, 0) is 37.3 Å². The molecule has 1 aliphatic carbocycles. The number of para-hydroxylation sites is 1. The van der Waals surface area contributed by atoms with Gasteiger partial charge in [-0.1, -0.05) is 38.0 Å². The first-order valence-electron chi connectivity index (χ1n) is 7.34. The summed E-state index contributed by atoms with van der Waals surface area (Å²) in [6, 6.07) is 9.54. The molecule has 1 aliphatic rings. The van der Waals surface area contributed by atoms with Crippen LogP contribution in [0.25, 0.3) is 0 Å². The fourth-order valence-corrected chi connectivity index (χ4v) is 2.50. The van der Waals surface area contributed by atoms with Crippen molar-refractivity contribution in [2.24, 2.45) is 11.7 Å². The van der Waals surface area contributed by atoms with Gasteiger partial charge in [0.1, 0.15) is 0 Å². The van der Waals surface area contributed by atoms with E-state index in [-0.39, 0.29) is 11.9 Å². The van der Waals surface area contributed by atoms with E-state index in [1.165, 1.54) is 19.3 Å². The number of benzene rings is 1. The van der Waals surface area contributed by atoms with Crippen molar-refractivity contribution in [3.05, 3.63) is 30.3 Å². The highest BCUT2D eigenvalue weighted by Crippen LogP contribution is 2.29. The number of nitrogens with zero attached hydrogens (tertiary/aromatic N) is 1. The molecule has 104 valence electrons. The first kappa shape index (κ1) is 14.1. The van der Waals surface area contributed by atoms with Crippen molar-refractivity contribution < 1.29 is 4.79 Å². The standard InChI is InChI=1S/C16H24N2O/c1-2-7-15(17)16(19)18(12-13-8-6-9-13)14-10-4-3-5-11-14/h3-5,10-11,13,15H,2,6-9,12,17H2,1H3. The molecule has 0 bridgehead atoms. The number of rotatable bonds is 6. The van der Waals surface area contributed by atoms with Crippen LogP contribution < -0.4 is 10.6 Å². The van der Waals surface area contributed by atoms with E-state index >= 15 is 0 Å². The van der Waals surface area contributed by atoms with Gasteiger partial charge in [0.2, 0.25) is 5.91 Å². The fraction of sp³-hybridized carbons (Fsp3) is 0.562. The SMILES string of the molecule is CCCC(N)C(=O)N(CC1CCC1)c1ccccc1. The highest BCUT2D eigenvalue weighted by Gasteiger charge is 2.27. The average molecular weight is 260 g/mol. The lowest BCUT2D eigenvalue weighted by Crippen LogP contribution is -2.46. The van der Waals surface area contributed by atoms with E-state index in [4.69, 9.17) is 5.73 Å². The van der Waals surface area contributed by atoms with Crippen LogP contribution in [0.15, 0.2) is 30.3 Å². The number of carbonyl (C=O) groups is 1. The van der Waals surface area contributed by atoms with Crippen LogP contribution >= 0.6 is 0 Å². The van der Waals surface area contributed by atoms with Gasteiger partial charge in [-0.25, -0.2) is 0 Å². The van der Waals surface area contributed by atoms with Crippen LogP contribution in [-0.4, -0.2) is 18.5 Å². The lowest BCUT2D eigenvalue weighted by atomic mass is 9.85. The molecule has 3 heteroatoms. The van der Waals surface area contributed by atoms with E-state index in [0.29, 0.717) is 5.92 Å². The Morgan fingerprint density at radius 1 is 1.37 bits per heavy atom. The quantitative estimate of drug-likeness (QED) is 0.854. The Labute approximate surface area is 115 Å². The van der Waals surface area contributed by atoms with Crippen molar-refractivity contribution in [1.29, 1.82) is 0 Å². The number of carbonyl (C=O) groups excluding carboxylic acids is 1. The van der Waals surface area contributed by atoms with Crippen LogP contribution in [0.2, 0.25) is 0 Å². The van der Waals surface area contributed by atoms with Crippen molar-refractivity contribution in [1.82, 2.24) is 0 Å². The Balaban J connectivity index is 2.11. The summed E-state index contributed by atoms with van der Waals surface area (Å²) in [5.74, 6) is 0.720. The fourth-order valence-electron chi connectivity index (χ4n) is 2.50. The van der Waals surface area contributed by atoms with Gasteiger partial charge in [0.25, 0.3) is 0 Å². The largest absolute Gasteiger partial charge is 0.320 e. The van der Waals surface area contributed by atoms with Gasteiger partial charge in [-0.15, -0.1) is 0 Å². The van der Waals surface area contributed by atoms with Gasteiger partial charge in [-0.3, -0.25) is 4.79 Å². The molecule has 1 atom stereocenters. The molecule has 1 unspecified atom stereocenters. The molecule has 1 amide bonds. The summed E-state index contributed by atoms with van der Waals surface area (Å²) in [6.07, 6.45) is 5.47. The number of amides is 1. The molecule has 1 saturated carbocycles. The van der Waals surface area contributed by atoms with E-state index in [1.807, 2.05) is 35.2 Å². The van der Waals surface area contributed by atoms with Gasteiger partial charge < -0.3 is 10.6 Å². The molecular formula is C16H24N2O. The van der Waals surface area contributed by atoms with Gasteiger partial charge in [0.05, 0.1) is 6.04 Å². The molecule has 2 rings (SSSR count). The third-order valence-electron chi connectivity index (χ3n) is 3.92. The highest BCUT2D eigenvalue weighted by molar-refractivity contribution is 5.97. The van der Waals surface area contributed by atoms with E-state index in [1.54, 1.807) is 0 Å². The van der Waals surface area contributed by atoms with Crippen molar-refractivity contribution >= 4 is 11.6 Å². The molecule has 0 spiro atoms. The molecule has 3 nitrogen and oxygen atoms in total. The topological polar surface area (TPSA) is 46.3 Å². The Kier molecular flexibility index (Phi) is 4.97. The van der Waals surface area contributed by atoms with Crippen LogP contribution in [0.4, 0.5) is 5.69 Å². The Morgan fingerprint density at radius 2 is 2.05 bits per heavy atom. The minimum Gasteiger partial charge on any atom is -0.320 e. The molecule has 19 heavy (non-hydrogen) atoms. The minimum atomic E-state index is -0.370. The second-order valence-electron chi connectivity index (χ2n) is 5.48. The summed E-state index contributed by atoms with van der Waals surface area (Å²) < 4.78 is 0. The number of nitrogens with two attached hydrogens (primary N) is 1. The van der Waals surface area contributed by atoms with E-state index < -0.39 is 0 Å². The molecule has 0 radical (unpaired) electrons. The summed E-state index contributed by atoms with van der Waals surface area (Å²) in [6.45, 7) is 2.88. The Bertz CT molecular complexity index is 400. The third-order valence-corrected chi connectivity index (χ3v) is 3.92. The number of hydrogen-bond acceptors (Lipinski definition) is 2. The van der Waals surface area contributed by atoms with E-state index in [0.717, 1.165) is 25.1 Å². The van der Waals surface area contributed by atoms with Gasteiger partial charge in [0, 0.05) is 12.2 Å². The first-order valence-corrected chi connectivity index (χ1v) is 7.34. The molecule has 1 aromatic carbocycles. The molecule has 0 saturated heterocycles. The van der Waals surface area contributed by atoms with Crippen LogP contribution in [0, 0.1) is 5.92 Å². The first-order chi connectivity index (χ1) is 9.22. The molecular weight excluding hydrogens is 236 g/mol. The molecule has 0 heterocycles. The maximum atomic E-state index is 12.5. The smallest absolute Gasteiger partial charge is 0.243 e. The predicted molar refractivity (Wildman–Crippen MR) is 79.0 cm³/mol. The molecule has 1 fully saturated rings. The van der Waals surface area contributed by atoms with Gasteiger partial charge in [0.15, 0.2) is 0 Å². The van der Waals surface area contributed by atoms with E-state index in [2.05, 4.69) is 6.92 Å². The van der Waals surface area contributed by atoms with Crippen molar-refractivity contribution in [2.75, 3.05) is 11.4 Å². The zero-order valence-corrected chi connectivity index (χ0v) is 11.7. The summed E-state index contributed by atoms with van der Waals surface area (Å²) in [4.78, 5) is 14.4. The second kappa shape index (κ2) is 6.71. The van der Waals surface area contributed by atoms with Crippen LogP contribution in [-0.2, 0) is 4.79 Å². The van der Waals surface area contributed by atoms with Gasteiger partial charge >= 0.3 is 0 Å². The van der Waals surface area contributed by atoms with Crippen molar-refractivity contribution in [3.63, 3.8) is 0 Å². The summed E-state index contributed by atoms with van der Waals surface area (Å²) >= 11 is 0. The number of hydrogen-bond donors (Lipinski definition) is 1. The maximum Gasteiger partial charge on any atom is 0.243 e. The lowest BCUT2D eigenvalue weighted by molar-refractivity contribution is -0.120. The second-order valence-corrected chi connectivity index (χ2v) is 5.48. The zero-order chi connectivity index (χ0) is 13.7. The highest BCUT2D eigenvalue weighted by atomic mass is 16.2. The van der Waals surface area contributed by atoms with Gasteiger partial charge in [-0.2, -0.15) is 0 Å². The monoisotopic (exact) mass is 260 g/mol. The predicted octanol–water partition coefficient (Wildman–Crippen LogP) is 2.95.